The quantitative estimate of drug-likeness (QED) is 0.186. The van der Waals surface area contributed by atoms with Gasteiger partial charge in [0, 0.05) is 27.2 Å². The Kier molecular flexibility index (Phi) is 4.21. The molecule has 0 aliphatic rings. The SMILES string of the molecule is C[SiH](C)c1ccc(-n2c3ccccc3c3c4c5ccccc5ccc4c4ccccc4c32)cc1. The van der Waals surface area contributed by atoms with Crippen molar-refractivity contribution in [2.24, 2.45) is 0 Å². The molecule has 1 nitrogen and oxygen atoms in total. The summed E-state index contributed by atoms with van der Waals surface area (Å²) in [6.07, 6.45) is 0. The van der Waals surface area contributed by atoms with Crippen LogP contribution in [0.2, 0.25) is 13.1 Å². The van der Waals surface area contributed by atoms with Gasteiger partial charge in [0.2, 0.25) is 0 Å². The molecule has 6 aromatic carbocycles. The van der Waals surface area contributed by atoms with Crippen LogP contribution in [0.3, 0.4) is 0 Å². The molecule has 0 radical (unpaired) electrons. The standard InChI is InChI=1S/C32H25NSi/c1-34(2)23-18-16-22(17-19-23)33-29-14-8-7-13-28(29)31-30-24-10-4-3-9-21(24)15-20-26(30)25-11-5-6-12-27(25)32(31)33/h3-20,34H,1-2H3. The van der Waals surface area contributed by atoms with E-state index in [0.717, 1.165) is 0 Å². The largest absolute Gasteiger partial charge is 0.309 e. The monoisotopic (exact) mass is 451 g/mol. The molecule has 0 fully saturated rings. The maximum Gasteiger partial charge on any atom is 0.0647 e. The van der Waals surface area contributed by atoms with Crippen molar-refractivity contribution in [2.45, 2.75) is 13.1 Å². The summed E-state index contributed by atoms with van der Waals surface area (Å²) in [6.45, 7) is 4.78. The minimum atomic E-state index is -0.838. The van der Waals surface area contributed by atoms with Crippen LogP contribution in [0.1, 0.15) is 0 Å². The van der Waals surface area contributed by atoms with Gasteiger partial charge in [-0.25, -0.2) is 0 Å². The van der Waals surface area contributed by atoms with Crippen molar-refractivity contribution in [2.75, 3.05) is 0 Å². The molecule has 7 rings (SSSR count). The zero-order chi connectivity index (χ0) is 22.8. The minimum absolute atomic E-state index is 0.838. The van der Waals surface area contributed by atoms with Gasteiger partial charge in [0.1, 0.15) is 0 Å². The summed E-state index contributed by atoms with van der Waals surface area (Å²) in [5.41, 5.74) is 3.79. The number of nitrogens with zero attached hydrogens (tertiary/aromatic N) is 1. The van der Waals surface area contributed by atoms with Gasteiger partial charge in [-0.1, -0.05) is 109 Å². The van der Waals surface area contributed by atoms with E-state index in [-0.39, 0.29) is 0 Å². The van der Waals surface area contributed by atoms with E-state index in [1.165, 1.54) is 65.0 Å². The first kappa shape index (κ1) is 19.6. The Morgan fingerprint density at radius 1 is 0.500 bits per heavy atom. The van der Waals surface area contributed by atoms with E-state index in [4.69, 9.17) is 0 Å². The second kappa shape index (κ2) is 7.31. The van der Waals surface area contributed by atoms with Crippen LogP contribution in [0.4, 0.5) is 0 Å². The second-order valence-corrected chi connectivity index (χ2v) is 12.6. The first-order valence-electron chi connectivity index (χ1n) is 12.1. The van der Waals surface area contributed by atoms with Crippen LogP contribution >= 0.6 is 0 Å². The van der Waals surface area contributed by atoms with Gasteiger partial charge >= 0.3 is 0 Å². The summed E-state index contributed by atoms with van der Waals surface area (Å²) < 4.78 is 2.49. The topological polar surface area (TPSA) is 4.93 Å². The lowest BCUT2D eigenvalue weighted by Crippen LogP contribution is -2.21. The molecule has 0 aliphatic heterocycles. The fourth-order valence-electron chi connectivity index (χ4n) is 5.71. The minimum Gasteiger partial charge on any atom is -0.309 e. The van der Waals surface area contributed by atoms with Gasteiger partial charge in [-0.2, -0.15) is 0 Å². The molecule has 0 saturated heterocycles. The van der Waals surface area contributed by atoms with Crippen LogP contribution in [-0.2, 0) is 0 Å². The lowest BCUT2D eigenvalue weighted by atomic mass is 9.93. The predicted octanol–water partition coefficient (Wildman–Crippen LogP) is 7.94. The Balaban J connectivity index is 1.78. The van der Waals surface area contributed by atoms with Crippen LogP contribution in [-0.4, -0.2) is 13.4 Å². The highest BCUT2D eigenvalue weighted by Gasteiger charge is 2.19. The molecule has 7 aromatic rings. The highest BCUT2D eigenvalue weighted by molar-refractivity contribution is 6.70. The van der Waals surface area contributed by atoms with E-state index in [9.17, 15) is 0 Å². The van der Waals surface area contributed by atoms with Crippen molar-refractivity contribution in [3.8, 4) is 5.69 Å². The summed E-state index contributed by atoms with van der Waals surface area (Å²) >= 11 is 0. The molecule has 1 heterocycles. The first-order valence-corrected chi connectivity index (χ1v) is 15.0. The second-order valence-electron chi connectivity index (χ2n) is 9.58. The third kappa shape index (κ3) is 2.66. The van der Waals surface area contributed by atoms with Crippen LogP contribution in [0, 0.1) is 0 Å². The molecular formula is C32H25NSi. The van der Waals surface area contributed by atoms with Crippen LogP contribution in [0.15, 0.2) is 109 Å². The molecular weight excluding hydrogens is 426 g/mol. The van der Waals surface area contributed by atoms with E-state index < -0.39 is 8.80 Å². The average molecular weight is 452 g/mol. The number of aromatic nitrogens is 1. The molecule has 0 saturated carbocycles. The van der Waals surface area contributed by atoms with E-state index >= 15 is 0 Å². The predicted molar refractivity (Wildman–Crippen MR) is 152 cm³/mol. The maximum atomic E-state index is 2.49. The lowest BCUT2D eigenvalue weighted by molar-refractivity contribution is 1.19. The van der Waals surface area contributed by atoms with Gasteiger partial charge in [0.15, 0.2) is 0 Å². The molecule has 0 spiro atoms. The third-order valence-electron chi connectivity index (χ3n) is 7.34. The van der Waals surface area contributed by atoms with Crippen LogP contribution < -0.4 is 5.19 Å². The Bertz CT molecular complexity index is 1870. The molecule has 1 aromatic heterocycles. The first-order chi connectivity index (χ1) is 16.7. The molecule has 2 heteroatoms. The average Bonchev–Trinajstić information content (AvgIpc) is 3.24. The fraction of sp³-hybridized carbons (Fsp3) is 0.0625. The van der Waals surface area contributed by atoms with Gasteiger partial charge < -0.3 is 4.57 Å². The smallest absolute Gasteiger partial charge is 0.0647 e. The van der Waals surface area contributed by atoms with Crippen LogP contribution in [0.5, 0.6) is 0 Å². The van der Waals surface area contributed by atoms with E-state index in [1.807, 2.05) is 0 Å². The summed E-state index contributed by atoms with van der Waals surface area (Å²) in [4.78, 5) is 0. The van der Waals surface area contributed by atoms with Crippen molar-refractivity contribution in [3.05, 3.63) is 109 Å². The molecule has 0 atom stereocenters. The van der Waals surface area contributed by atoms with Crippen molar-refractivity contribution in [3.63, 3.8) is 0 Å². The van der Waals surface area contributed by atoms with Gasteiger partial charge in [-0.3, -0.25) is 0 Å². The number of hydrogen-bond donors (Lipinski definition) is 0. The van der Waals surface area contributed by atoms with Gasteiger partial charge in [0.25, 0.3) is 0 Å². The summed E-state index contributed by atoms with van der Waals surface area (Å²) in [5, 5.41) is 12.1. The highest BCUT2D eigenvalue weighted by atomic mass is 28.3. The molecule has 0 amide bonds. The number of para-hydroxylation sites is 1. The third-order valence-corrected chi connectivity index (χ3v) is 9.06. The van der Waals surface area contributed by atoms with Crippen molar-refractivity contribution in [1.82, 2.24) is 4.57 Å². The molecule has 0 unspecified atom stereocenters. The molecule has 162 valence electrons. The number of hydrogen-bond acceptors (Lipinski definition) is 0. The zero-order valence-corrected chi connectivity index (χ0v) is 20.6. The maximum absolute atomic E-state index is 2.49. The van der Waals surface area contributed by atoms with Crippen molar-refractivity contribution >= 4 is 68.1 Å². The number of benzene rings is 6. The zero-order valence-electron chi connectivity index (χ0n) is 19.4. The lowest BCUT2D eigenvalue weighted by Gasteiger charge is -2.14. The summed E-state index contributed by atoms with van der Waals surface area (Å²) in [6, 6.07) is 40.5. The molecule has 0 bridgehead atoms. The Hall–Kier alpha value is -3.88. The van der Waals surface area contributed by atoms with Gasteiger partial charge in [-0.15, -0.1) is 0 Å². The summed E-state index contributed by atoms with van der Waals surface area (Å²) in [7, 11) is -0.838. The highest BCUT2D eigenvalue weighted by Crippen LogP contribution is 2.44. The number of rotatable bonds is 2. The normalized spacial score (nSPS) is 12.1. The van der Waals surface area contributed by atoms with Crippen molar-refractivity contribution < 1.29 is 0 Å². The summed E-state index contributed by atoms with van der Waals surface area (Å²) in [5.74, 6) is 0. The number of fused-ring (bicyclic) bond motifs is 10. The Morgan fingerprint density at radius 2 is 1.15 bits per heavy atom. The van der Waals surface area contributed by atoms with Gasteiger partial charge in [0.05, 0.1) is 19.8 Å². The van der Waals surface area contributed by atoms with E-state index in [1.54, 1.807) is 0 Å². The fourth-order valence-corrected chi connectivity index (χ4v) is 6.68. The molecule has 34 heavy (non-hydrogen) atoms. The van der Waals surface area contributed by atoms with Crippen molar-refractivity contribution in [1.29, 1.82) is 0 Å². The van der Waals surface area contributed by atoms with E-state index in [0.29, 0.717) is 0 Å². The Labute approximate surface area is 200 Å². The van der Waals surface area contributed by atoms with E-state index in [2.05, 4.69) is 127 Å². The molecule has 0 N–H and O–H groups in total. The van der Waals surface area contributed by atoms with Gasteiger partial charge in [-0.05, 0) is 39.7 Å². The Morgan fingerprint density at radius 3 is 1.91 bits per heavy atom. The molecule has 0 aliphatic carbocycles. The van der Waals surface area contributed by atoms with Crippen LogP contribution in [0.25, 0.3) is 59.8 Å².